The number of fused-ring (bicyclic) bond motifs is 2. The maximum absolute atomic E-state index is 12.3. The van der Waals surface area contributed by atoms with Crippen LogP contribution < -0.4 is 0 Å². The van der Waals surface area contributed by atoms with Gasteiger partial charge in [-0.1, -0.05) is 26.0 Å². The van der Waals surface area contributed by atoms with Crippen molar-refractivity contribution in [3.63, 3.8) is 0 Å². The first-order valence-electron chi connectivity index (χ1n) is 9.22. The molecule has 0 aromatic heterocycles. The molecule has 0 saturated heterocycles. The van der Waals surface area contributed by atoms with Crippen LogP contribution in [0.3, 0.4) is 0 Å². The van der Waals surface area contributed by atoms with Crippen LogP contribution in [0.4, 0.5) is 0 Å². The van der Waals surface area contributed by atoms with Crippen LogP contribution in [-0.2, 0) is 9.53 Å². The van der Waals surface area contributed by atoms with Crippen molar-refractivity contribution in [2.24, 2.45) is 34.5 Å². The standard InChI is InChI=1S/C21H26O2/c1-12(22)16-6-7-17-15-5-4-13-10-14-8-9-20(13,2)19(15)18(23-14)11-21(16,17)3/h4,8-10,15-19H,5-7,11H2,1-3H3/t15-,16+,17-,18?,19+,20-,21+/m0/s1. The normalized spacial score (nSPS) is 52.2. The van der Waals surface area contributed by atoms with Gasteiger partial charge < -0.3 is 4.74 Å². The smallest absolute Gasteiger partial charge is 0.133 e. The number of ketones is 1. The lowest BCUT2D eigenvalue weighted by molar-refractivity contribution is -0.134. The molecule has 23 heavy (non-hydrogen) atoms. The molecule has 0 radical (unpaired) electrons. The van der Waals surface area contributed by atoms with E-state index in [0.29, 0.717) is 23.5 Å². The van der Waals surface area contributed by atoms with E-state index in [1.54, 1.807) is 6.92 Å². The highest BCUT2D eigenvalue weighted by Crippen LogP contribution is 2.67. The summed E-state index contributed by atoms with van der Waals surface area (Å²) in [5.41, 5.74) is 1.72. The van der Waals surface area contributed by atoms with Gasteiger partial charge in [0.05, 0.1) is 0 Å². The molecule has 4 aliphatic carbocycles. The number of carbonyl (C=O) groups is 1. The summed E-state index contributed by atoms with van der Waals surface area (Å²) in [6, 6.07) is 0. The molecule has 0 aromatic carbocycles. The van der Waals surface area contributed by atoms with Crippen molar-refractivity contribution in [3.05, 3.63) is 35.6 Å². The van der Waals surface area contributed by atoms with E-state index in [0.717, 1.165) is 25.0 Å². The van der Waals surface area contributed by atoms with Crippen molar-refractivity contribution in [1.29, 1.82) is 0 Å². The Balaban J connectivity index is 1.65. The molecule has 2 saturated carbocycles. The van der Waals surface area contributed by atoms with E-state index < -0.39 is 0 Å². The van der Waals surface area contributed by atoms with Crippen molar-refractivity contribution < 1.29 is 9.53 Å². The summed E-state index contributed by atoms with van der Waals surface area (Å²) in [6.45, 7) is 6.58. The molecule has 0 spiro atoms. The molecular formula is C21H26O2. The third kappa shape index (κ3) is 1.58. The molecule has 2 aliphatic heterocycles. The average Bonchev–Trinajstić information content (AvgIpc) is 2.74. The summed E-state index contributed by atoms with van der Waals surface area (Å²) in [5.74, 6) is 3.55. The highest BCUT2D eigenvalue weighted by atomic mass is 16.5. The van der Waals surface area contributed by atoms with Gasteiger partial charge in [-0.3, -0.25) is 4.79 Å². The second-order valence-corrected chi connectivity index (χ2v) is 8.96. The summed E-state index contributed by atoms with van der Waals surface area (Å²) in [5, 5.41) is 0. The Bertz CT molecular complexity index is 684. The number of allylic oxidation sites excluding steroid dienone is 5. The molecule has 4 bridgehead atoms. The molecule has 2 nitrogen and oxygen atoms in total. The van der Waals surface area contributed by atoms with Crippen LogP contribution in [0, 0.1) is 34.5 Å². The first-order chi connectivity index (χ1) is 10.9. The van der Waals surface area contributed by atoms with E-state index in [1.165, 1.54) is 12.0 Å². The number of hydrogen-bond acceptors (Lipinski definition) is 2. The first-order valence-corrected chi connectivity index (χ1v) is 9.22. The zero-order chi connectivity index (χ0) is 16.0. The average molecular weight is 310 g/mol. The largest absolute Gasteiger partial charge is 0.490 e. The minimum atomic E-state index is 0.128. The summed E-state index contributed by atoms with van der Waals surface area (Å²) in [7, 11) is 0. The van der Waals surface area contributed by atoms with Gasteiger partial charge in [0.2, 0.25) is 0 Å². The minimum absolute atomic E-state index is 0.128. The second kappa shape index (κ2) is 4.20. The SMILES string of the molecule is CC(=O)[C@H]1CC[C@H]2[C@@H]3CC=C4C=C5C=C[C@]4(C)[C@H]3C(C[C@]12C)O5. The Labute approximate surface area is 138 Å². The van der Waals surface area contributed by atoms with Crippen LogP contribution >= 0.6 is 0 Å². The molecule has 1 unspecified atom stereocenters. The maximum atomic E-state index is 12.3. The van der Waals surface area contributed by atoms with Crippen molar-refractivity contribution in [2.45, 2.75) is 52.6 Å². The van der Waals surface area contributed by atoms with Gasteiger partial charge in [0.15, 0.2) is 0 Å². The van der Waals surface area contributed by atoms with Gasteiger partial charge in [-0.05, 0) is 67.6 Å². The zero-order valence-corrected chi connectivity index (χ0v) is 14.3. The van der Waals surface area contributed by atoms with E-state index in [9.17, 15) is 4.79 Å². The lowest BCUT2D eigenvalue weighted by atomic mass is 9.48. The van der Waals surface area contributed by atoms with Crippen molar-refractivity contribution in [1.82, 2.24) is 0 Å². The topological polar surface area (TPSA) is 26.3 Å². The quantitative estimate of drug-likeness (QED) is 0.716. The molecule has 6 aliphatic rings. The monoisotopic (exact) mass is 310 g/mol. The van der Waals surface area contributed by atoms with Crippen LogP contribution in [-0.4, -0.2) is 11.9 Å². The van der Waals surface area contributed by atoms with Crippen LogP contribution in [0.5, 0.6) is 0 Å². The van der Waals surface area contributed by atoms with Gasteiger partial charge in [-0.2, -0.15) is 0 Å². The Morgan fingerprint density at radius 2 is 2.13 bits per heavy atom. The third-order valence-electron chi connectivity index (χ3n) is 8.02. The number of Topliss-reactive ketones (excluding diaryl/α,β-unsaturated/α-hetero) is 1. The fraction of sp³-hybridized carbons (Fsp3) is 0.667. The minimum Gasteiger partial charge on any atom is -0.490 e. The van der Waals surface area contributed by atoms with Crippen LogP contribution in [0.1, 0.15) is 46.5 Å². The van der Waals surface area contributed by atoms with E-state index in [1.807, 2.05) is 0 Å². The Kier molecular flexibility index (Phi) is 2.57. The summed E-state index contributed by atoms with van der Waals surface area (Å²) >= 11 is 0. The summed E-state index contributed by atoms with van der Waals surface area (Å²) < 4.78 is 6.48. The van der Waals surface area contributed by atoms with E-state index in [2.05, 4.69) is 38.2 Å². The van der Waals surface area contributed by atoms with Crippen molar-refractivity contribution >= 4 is 5.78 Å². The summed E-state index contributed by atoms with van der Waals surface area (Å²) in [4.78, 5) is 12.3. The van der Waals surface area contributed by atoms with Gasteiger partial charge in [-0.25, -0.2) is 0 Å². The van der Waals surface area contributed by atoms with E-state index in [-0.39, 0.29) is 22.9 Å². The van der Waals surface area contributed by atoms with Crippen molar-refractivity contribution in [2.75, 3.05) is 0 Å². The first kappa shape index (κ1) is 14.1. The van der Waals surface area contributed by atoms with Gasteiger partial charge in [0, 0.05) is 17.3 Å². The lowest BCUT2D eigenvalue weighted by Crippen LogP contribution is -2.54. The molecule has 2 fully saturated rings. The fourth-order valence-corrected chi connectivity index (χ4v) is 7.07. The molecule has 0 N–H and O–H groups in total. The predicted molar refractivity (Wildman–Crippen MR) is 89.5 cm³/mol. The number of hydrogen-bond donors (Lipinski definition) is 0. The Morgan fingerprint density at radius 1 is 1.30 bits per heavy atom. The highest BCUT2D eigenvalue weighted by molar-refractivity contribution is 5.79. The van der Waals surface area contributed by atoms with Crippen LogP contribution in [0.2, 0.25) is 0 Å². The fourth-order valence-electron chi connectivity index (χ4n) is 7.07. The molecule has 2 heteroatoms. The maximum Gasteiger partial charge on any atom is 0.133 e. The Morgan fingerprint density at radius 3 is 2.91 bits per heavy atom. The van der Waals surface area contributed by atoms with Gasteiger partial charge in [0.25, 0.3) is 0 Å². The number of ether oxygens (including phenoxy) is 1. The van der Waals surface area contributed by atoms with Crippen molar-refractivity contribution in [3.8, 4) is 0 Å². The van der Waals surface area contributed by atoms with Gasteiger partial charge in [-0.15, -0.1) is 0 Å². The lowest BCUT2D eigenvalue weighted by Gasteiger charge is -2.56. The number of carbonyl (C=O) groups excluding carboxylic acids is 1. The van der Waals surface area contributed by atoms with Crippen LogP contribution in [0.25, 0.3) is 0 Å². The van der Waals surface area contributed by atoms with Gasteiger partial charge in [0.1, 0.15) is 17.6 Å². The second-order valence-electron chi connectivity index (χ2n) is 8.96. The highest BCUT2D eigenvalue weighted by Gasteiger charge is 2.63. The molecule has 0 amide bonds. The number of rotatable bonds is 1. The zero-order valence-electron chi connectivity index (χ0n) is 14.3. The van der Waals surface area contributed by atoms with Gasteiger partial charge >= 0.3 is 0 Å². The molecule has 6 rings (SSSR count). The molecule has 2 heterocycles. The molecule has 122 valence electrons. The summed E-state index contributed by atoms with van der Waals surface area (Å²) in [6.07, 6.45) is 14.1. The molecular weight excluding hydrogens is 284 g/mol. The Hall–Kier alpha value is -1.31. The third-order valence-corrected chi connectivity index (χ3v) is 8.02. The van der Waals surface area contributed by atoms with Crippen LogP contribution in [0.15, 0.2) is 35.6 Å². The van der Waals surface area contributed by atoms with E-state index in [4.69, 9.17) is 4.74 Å². The predicted octanol–water partition coefficient (Wildman–Crippen LogP) is 4.43. The molecule has 7 atom stereocenters. The van der Waals surface area contributed by atoms with E-state index >= 15 is 0 Å². The molecule has 0 aromatic rings.